The molecule has 1 fully saturated rings. The lowest BCUT2D eigenvalue weighted by Crippen LogP contribution is -2.47. The maximum Gasteiger partial charge on any atom is 0.314 e. The number of primary amides is 1. The first-order valence-corrected chi connectivity index (χ1v) is 7.00. The first-order valence-electron chi connectivity index (χ1n) is 6.62. The van der Waals surface area contributed by atoms with E-state index in [-0.39, 0.29) is 12.1 Å². The number of benzene rings is 1. The predicted molar refractivity (Wildman–Crippen MR) is 77.2 cm³/mol. The number of piperidine rings is 1. The van der Waals surface area contributed by atoms with Crippen molar-refractivity contribution in [3.8, 4) is 0 Å². The Morgan fingerprint density at radius 1 is 1.47 bits per heavy atom. The standard InChI is InChI=1S/C14H20ClN3O/c1-10(11-3-2-4-12(15)9-11)17-13-5-7-18(8-6-13)14(16)19/h2-4,9-10,13,17H,5-8H2,1H3,(H2,16,19)/t10-/m0/s1. The maximum absolute atomic E-state index is 11.1. The van der Waals surface area contributed by atoms with Gasteiger partial charge in [-0.1, -0.05) is 23.7 Å². The van der Waals surface area contributed by atoms with Gasteiger partial charge in [0.15, 0.2) is 0 Å². The second-order valence-corrected chi connectivity index (χ2v) is 5.48. The molecule has 1 saturated heterocycles. The van der Waals surface area contributed by atoms with E-state index in [2.05, 4.69) is 18.3 Å². The van der Waals surface area contributed by atoms with Crippen LogP contribution in [0.2, 0.25) is 5.02 Å². The third-order valence-corrected chi connectivity index (χ3v) is 3.88. The van der Waals surface area contributed by atoms with E-state index >= 15 is 0 Å². The lowest BCUT2D eigenvalue weighted by molar-refractivity contribution is 0.183. The van der Waals surface area contributed by atoms with Gasteiger partial charge in [0.05, 0.1) is 0 Å². The number of carbonyl (C=O) groups excluding carboxylic acids is 1. The smallest absolute Gasteiger partial charge is 0.314 e. The van der Waals surface area contributed by atoms with Gasteiger partial charge in [-0.25, -0.2) is 4.79 Å². The van der Waals surface area contributed by atoms with E-state index in [1.165, 1.54) is 5.56 Å². The van der Waals surface area contributed by atoms with Gasteiger partial charge in [0.1, 0.15) is 0 Å². The lowest BCUT2D eigenvalue weighted by Gasteiger charge is -2.33. The summed E-state index contributed by atoms with van der Waals surface area (Å²) in [5, 5.41) is 4.34. The molecule has 3 N–H and O–H groups in total. The van der Waals surface area contributed by atoms with E-state index in [9.17, 15) is 4.79 Å². The van der Waals surface area contributed by atoms with Crippen LogP contribution in [0, 0.1) is 0 Å². The van der Waals surface area contributed by atoms with Crippen molar-refractivity contribution in [2.45, 2.75) is 31.8 Å². The highest BCUT2D eigenvalue weighted by molar-refractivity contribution is 6.30. The zero-order chi connectivity index (χ0) is 13.8. The molecule has 4 nitrogen and oxygen atoms in total. The first-order chi connectivity index (χ1) is 9.06. The normalized spacial score (nSPS) is 18.3. The van der Waals surface area contributed by atoms with E-state index in [1.54, 1.807) is 4.90 Å². The number of amides is 2. The molecule has 2 rings (SSSR count). The number of urea groups is 1. The summed E-state index contributed by atoms with van der Waals surface area (Å²) in [7, 11) is 0. The van der Waals surface area contributed by atoms with E-state index in [0.717, 1.165) is 31.0 Å². The van der Waals surface area contributed by atoms with Gasteiger partial charge in [0.25, 0.3) is 0 Å². The molecule has 1 aromatic rings. The number of nitrogens with two attached hydrogens (primary N) is 1. The molecule has 0 unspecified atom stereocenters. The van der Waals surface area contributed by atoms with Gasteiger partial charge in [0.2, 0.25) is 0 Å². The number of halogens is 1. The summed E-state index contributed by atoms with van der Waals surface area (Å²) in [5.74, 6) is 0. The number of rotatable bonds is 3. The summed E-state index contributed by atoms with van der Waals surface area (Å²) in [6, 6.07) is 8.25. The number of likely N-dealkylation sites (tertiary alicyclic amines) is 1. The maximum atomic E-state index is 11.1. The Morgan fingerprint density at radius 3 is 2.74 bits per heavy atom. The first kappa shape index (κ1) is 14.2. The Labute approximate surface area is 118 Å². The molecule has 19 heavy (non-hydrogen) atoms. The molecule has 0 bridgehead atoms. The second-order valence-electron chi connectivity index (χ2n) is 5.04. The van der Waals surface area contributed by atoms with Crippen molar-refractivity contribution in [3.63, 3.8) is 0 Å². The summed E-state index contributed by atoms with van der Waals surface area (Å²) in [6.45, 7) is 3.59. The van der Waals surface area contributed by atoms with Gasteiger partial charge in [-0.2, -0.15) is 0 Å². The SMILES string of the molecule is C[C@H](NC1CCN(C(N)=O)CC1)c1cccc(Cl)c1. The monoisotopic (exact) mass is 281 g/mol. The van der Waals surface area contributed by atoms with Crippen molar-refractivity contribution in [1.29, 1.82) is 0 Å². The average Bonchev–Trinajstić information content (AvgIpc) is 2.39. The second kappa shape index (κ2) is 6.26. The Kier molecular flexibility index (Phi) is 4.66. The third kappa shape index (κ3) is 3.85. The van der Waals surface area contributed by atoms with Crippen molar-refractivity contribution in [2.75, 3.05) is 13.1 Å². The number of hydrogen-bond acceptors (Lipinski definition) is 2. The molecular formula is C14H20ClN3O. The Balaban J connectivity index is 1.87. The summed E-state index contributed by atoms with van der Waals surface area (Å²) in [5.41, 5.74) is 6.46. The molecule has 1 atom stereocenters. The van der Waals surface area contributed by atoms with Crippen molar-refractivity contribution < 1.29 is 4.79 Å². The Bertz CT molecular complexity index is 444. The van der Waals surface area contributed by atoms with Crippen molar-refractivity contribution in [2.24, 2.45) is 5.73 Å². The van der Waals surface area contributed by atoms with Crippen LogP contribution in [-0.4, -0.2) is 30.1 Å². The van der Waals surface area contributed by atoms with Gasteiger partial charge in [-0.15, -0.1) is 0 Å². The summed E-state index contributed by atoms with van der Waals surface area (Å²) >= 11 is 6.00. The number of carbonyl (C=O) groups is 1. The summed E-state index contributed by atoms with van der Waals surface area (Å²) in [6.07, 6.45) is 1.88. The minimum atomic E-state index is -0.318. The molecule has 1 aromatic carbocycles. The van der Waals surface area contributed by atoms with Crippen molar-refractivity contribution in [1.82, 2.24) is 10.2 Å². The molecule has 1 aliphatic rings. The topological polar surface area (TPSA) is 58.4 Å². The van der Waals surface area contributed by atoms with E-state index in [0.29, 0.717) is 6.04 Å². The van der Waals surface area contributed by atoms with Crippen LogP contribution in [0.4, 0.5) is 4.79 Å². The van der Waals surface area contributed by atoms with Crippen LogP contribution in [0.1, 0.15) is 31.4 Å². The quantitative estimate of drug-likeness (QED) is 0.894. The van der Waals surface area contributed by atoms with Crippen LogP contribution >= 0.6 is 11.6 Å². The molecule has 5 heteroatoms. The largest absolute Gasteiger partial charge is 0.351 e. The molecule has 0 radical (unpaired) electrons. The Morgan fingerprint density at radius 2 is 2.16 bits per heavy atom. The zero-order valence-corrected chi connectivity index (χ0v) is 11.9. The van der Waals surface area contributed by atoms with Crippen LogP contribution in [-0.2, 0) is 0 Å². The van der Waals surface area contributed by atoms with Gasteiger partial charge in [-0.3, -0.25) is 0 Å². The molecule has 0 aromatic heterocycles. The highest BCUT2D eigenvalue weighted by Crippen LogP contribution is 2.20. The van der Waals surface area contributed by atoms with Crippen LogP contribution in [0.5, 0.6) is 0 Å². The fourth-order valence-corrected chi connectivity index (χ4v) is 2.69. The fraction of sp³-hybridized carbons (Fsp3) is 0.500. The number of nitrogens with one attached hydrogen (secondary N) is 1. The molecule has 1 aliphatic heterocycles. The Hall–Kier alpha value is -1.26. The minimum Gasteiger partial charge on any atom is -0.351 e. The highest BCUT2D eigenvalue weighted by atomic mass is 35.5. The molecule has 104 valence electrons. The van der Waals surface area contributed by atoms with Gasteiger partial charge < -0.3 is 16.0 Å². The van der Waals surface area contributed by atoms with Crippen LogP contribution < -0.4 is 11.1 Å². The fourth-order valence-electron chi connectivity index (χ4n) is 2.49. The van der Waals surface area contributed by atoms with Crippen LogP contribution in [0.25, 0.3) is 0 Å². The number of nitrogens with zero attached hydrogens (tertiary/aromatic N) is 1. The minimum absolute atomic E-state index is 0.254. The molecule has 0 spiro atoms. The van der Waals surface area contributed by atoms with Crippen molar-refractivity contribution in [3.05, 3.63) is 34.9 Å². The predicted octanol–water partition coefficient (Wildman–Crippen LogP) is 2.53. The summed E-state index contributed by atoms with van der Waals surface area (Å²) < 4.78 is 0. The molecule has 2 amide bonds. The molecule has 0 saturated carbocycles. The van der Waals surface area contributed by atoms with Crippen LogP contribution in [0.15, 0.2) is 24.3 Å². The average molecular weight is 282 g/mol. The van der Waals surface area contributed by atoms with Crippen LogP contribution in [0.3, 0.4) is 0 Å². The highest BCUT2D eigenvalue weighted by Gasteiger charge is 2.22. The van der Waals surface area contributed by atoms with Gasteiger partial charge in [0, 0.05) is 30.2 Å². The van der Waals surface area contributed by atoms with E-state index in [1.807, 2.05) is 18.2 Å². The van der Waals surface area contributed by atoms with E-state index < -0.39 is 0 Å². The van der Waals surface area contributed by atoms with Gasteiger partial charge in [-0.05, 0) is 37.5 Å². The number of hydrogen-bond donors (Lipinski definition) is 2. The molecular weight excluding hydrogens is 262 g/mol. The molecule has 0 aliphatic carbocycles. The molecule has 1 heterocycles. The van der Waals surface area contributed by atoms with E-state index in [4.69, 9.17) is 17.3 Å². The van der Waals surface area contributed by atoms with Crippen molar-refractivity contribution >= 4 is 17.6 Å². The van der Waals surface area contributed by atoms with Gasteiger partial charge >= 0.3 is 6.03 Å². The third-order valence-electron chi connectivity index (χ3n) is 3.64. The lowest BCUT2D eigenvalue weighted by atomic mass is 10.0. The zero-order valence-electron chi connectivity index (χ0n) is 11.1. The summed E-state index contributed by atoms with van der Waals surface area (Å²) in [4.78, 5) is 12.8.